The lowest BCUT2D eigenvalue weighted by Crippen LogP contribution is -2.34. The van der Waals surface area contributed by atoms with E-state index in [2.05, 4.69) is 20.8 Å². The summed E-state index contributed by atoms with van der Waals surface area (Å²) in [5, 5.41) is 44.3. The molecule has 186 valence electrons. The van der Waals surface area contributed by atoms with E-state index in [-0.39, 0.29) is 35.0 Å². The molecule has 0 aliphatic rings. The Labute approximate surface area is 203 Å². The van der Waals surface area contributed by atoms with Gasteiger partial charge in [0.25, 0.3) is 5.91 Å². The number of carbonyl (C=O) groups excluding carboxylic acids is 1. The van der Waals surface area contributed by atoms with Crippen LogP contribution >= 0.6 is 0 Å². The van der Waals surface area contributed by atoms with Gasteiger partial charge in [0.1, 0.15) is 17.5 Å². The molecule has 1 atom stereocenters. The summed E-state index contributed by atoms with van der Waals surface area (Å²) in [4.78, 5) is 24.3. The molecule has 10 heteroatoms. The summed E-state index contributed by atoms with van der Waals surface area (Å²) in [5.74, 6) is -1.55. The van der Waals surface area contributed by atoms with Crippen LogP contribution in [-0.2, 0) is 4.79 Å². The number of benzene rings is 2. The van der Waals surface area contributed by atoms with Crippen LogP contribution in [0.3, 0.4) is 0 Å². The first kappa shape index (κ1) is 25.5. The minimum Gasteiger partial charge on any atom is -0.508 e. The summed E-state index contributed by atoms with van der Waals surface area (Å²) in [6.45, 7) is 9.63. The number of carboxylic acids is 1. The van der Waals surface area contributed by atoms with E-state index in [0.717, 1.165) is 0 Å². The van der Waals surface area contributed by atoms with Gasteiger partial charge in [-0.2, -0.15) is 0 Å². The van der Waals surface area contributed by atoms with Crippen molar-refractivity contribution >= 4 is 17.6 Å². The van der Waals surface area contributed by atoms with E-state index in [0.29, 0.717) is 29.0 Å². The van der Waals surface area contributed by atoms with Crippen LogP contribution in [0.15, 0.2) is 36.4 Å². The van der Waals surface area contributed by atoms with Crippen LogP contribution < -0.4 is 10.6 Å². The number of nitrogens with zero attached hydrogens (tertiary/aromatic N) is 3. The number of aliphatic carboxylic acids is 1. The smallest absolute Gasteiger partial charge is 0.326 e. The number of phenols is 2. The fraction of sp³-hybridized carbons (Fsp3) is 0.360. The van der Waals surface area contributed by atoms with Crippen molar-refractivity contribution in [2.75, 3.05) is 11.9 Å². The molecule has 0 spiro atoms. The van der Waals surface area contributed by atoms with Gasteiger partial charge < -0.3 is 26.0 Å². The Hall–Kier alpha value is -4.08. The average Bonchev–Trinajstić information content (AvgIpc) is 3.22. The highest BCUT2D eigenvalue weighted by molar-refractivity contribution is 5.92. The molecule has 35 heavy (non-hydrogen) atoms. The van der Waals surface area contributed by atoms with E-state index < -0.39 is 17.9 Å². The van der Waals surface area contributed by atoms with Gasteiger partial charge in [0.05, 0.1) is 5.56 Å². The molecule has 0 fully saturated rings. The van der Waals surface area contributed by atoms with Crippen molar-refractivity contribution in [1.29, 1.82) is 0 Å². The van der Waals surface area contributed by atoms with Gasteiger partial charge in [0.15, 0.2) is 5.82 Å². The molecule has 3 rings (SSSR count). The maximum Gasteiger partial charge on any atom is 0.326 e. The van der Waals surface area contributed by atoms with Crippen molar-refractivity contribution in [2.45, 2.75) is 46.6 Å². The highest BCUT2D eigenvalue weighted by Gasteiger charge is 2.25. The van der Waals surface area contributed by atoms with Crippen molar-refractivity contribution in [3.63, 3.8) is 0 Å². The molecule has 5 N–H and O–H groups in total. The van der Waals surface area contributed by atoms with Gasteiger partial charge in [-0.1, -0.05) is 27.7 Å². The maximum absolute atomic E-state index is 12.7. The van der Waals surface area contributed by atoms with Crippen LogP contribution in [0, 0.1) is 5.92 Å². The second-order valence-electron chi connectivity index (χ2n) is 8.88. The van der Waals surface area contributed by atoms with E-state index in [1.165, 1.54) is 10.6 Å². The number of rotatable bonds is 9. The Bertz CT molecular complexity index is 1220. The number of nitrogens with one attached hydrogen (secondary N) is 2. The monoisotopic (exact) mass is 481 g/mol. The SMILES string of the molecule is CCNC(=O)c1nnc(-c2cc(C(C)C)c(O)cc2O)n1-c1ccc(N[C@H](C(=O)O)C(C)C)cc1. The molecule has 0 aliphatic heterocycles. The Balaban J connectivity index is 2.13. The topological polar surface area (TPSA) is 150 Å². The quantitative estimate of drug-likeness (QED) is 0.310. The molecular weight excluding hydrogens is 450 g/mol. The van der Waals surface area contributed by atoms with E-state index in [1.807, 2.05) is 27.7 Å². The molecule has 3 aromatic rings. The molecule has 1 amide bonds. The normalized spacial score (nSPS) is 12.1. The van der Waals surface area contributed by atoms with Crippen molar-refractivity contribution in [1.82, 2.24) is 20.1 Å². The molecular formula is C25H31N5O5. The minimum atomic E-state index is -0.951. The fourth-order valence-electron chi connectivity index (χ4n) is 3.73. The summed E-state index contributed by atoms with van der Waals surface area (Å²) < 4.78 is 1.52. The third kappa shape index (κ3) is 5.37. The van der Waals surface area contributed by atoms with Gasteiger partial charge in [-0.3, -0.25) is 9.36 Å². The van der Waals surface area contributed by atoms with Gasteiger partial charge in [-0.15, -0.1) is 10.2 Å². The van der Waals surface area contributed by atoms with E-state index >= 15 is 0 Å². The van der Waals surface area contributed by atoms with Gasteiger partial charge in [-0.25, -0.2) is 4.79 Å². The van der Waals surface area contributed by atoms with Crippen molar-refractivity contribution < 1.29 is 24.9 Å². The second-order valence-corrected chi connectivity index (χ2v) is 8.88. The lowest BCUT2D eigenvalue weighted by molar-refractivity contribution is -0.138. The van der Waals surface area contributed by atoms with Crippen LogP contribution in [-0.4, -0.2) is 54.5 Å². The minimum absolute atomic E-state index is 0.0201. The number of hydrogen-bond acceptors (Lipinski definition) is 7. The lowest BCUT2D eigenvalue weighted by atomic mass is 9.98. The van der Waals surface area contributed by atoms with Crippen molar-refractivity contribution in [3.8, 4) is 28.6 Å². The van der Waals surface area contributed by atoms with Gasteiger partial charge in [0, 0.05) is 24.0 Å². The first-order valence-electron chi connectivity index (χ1n) is 11.4. The third-order valence-corrected chi connectivity index (χ3v) is 5.59. The third-order valence-electron chi connectivity index (χ3n) is 5.59. The van der Waals surface area contributed by atoms with Crippen molar-refractivity contribution in [2.24, 2.45) is 5.92 Å². The standard InChI is InChI=1S/C25H31N5O5/c1-6-26-24(33)23-29-28-22(18-11-17(13(2)3)19(31)12-20(18)32)30(23)16-9-7-15(8-10-16)27-21(14(4)5)25(34)35/h7-14,21,27,31-32H,6H2,1-5H3,(H,26,33)(H,34,35)/t21-/m0/s1. The summed E-state index contributed by atoms with van der Waals surface area (Å²) in [7, 11) is 0. The van der Waals surface area contributed by atoms with Crippen LogP contribution in [0.4, 0.5) is 5.69 Å². The Morgan fingerprint density at radius 1 is 1.00 bits per heavy atom. The van der Waals surface area contributed by atoms with Gasteiger partial charge >= 0.3 is 5.97 Å². The van der Waals surface area contributed by atoms with E-state index in [4.69, 9.17) is 0 Å². The number of amides is 1. The second kappa shape index (κ2) is 10.5. The average molecular weight is 482 g/mol. The first-order chi connectivity index (χ1) is 16.5. The highest BCUT2D eigenvalue weighted by Crippen LogP contribution is 2.38. The maximum atomic E-state index is 12.7. The molecule has 2 aromatic carbocycles. The van der Waals surface area contributed by atoms with Crippen LogP contribution in [0.25, 0.3) is 17.1 Å². The first-order valence-corrected chi connectivity index (χ1v) is 11.4. The summed E-state index contributed by atoms with van der Waals surface area (Å²) in [5.41, 5.74) is 2.05. The number of carboxylic acid groups (broad SMARTS) is 1. The number of hydrogen-bond donors (Lipinski definition) is 5. The molecule has 1 aromatic heterocycles. The number of aromatic nitrogens is 3. The number of aromatic hydroxyl groups is 2. The molecule has 1 heterocycles. The molecule has 0 aliphatic carbocycles. The molecule has 0 bridgehead atoms. The Morgan fingerprint density at radius 2 is 1.66 bits per heavy atom. The highest BCUT2D eigenvalue weighted by atomic mass is 16.4. The molecule has 0 radical (unpaired) electrons. The van der Waals surface area contributed by atoms with Crippen LogP contribution in [0.2, 0.25) is 0 Å². The molecule has 0 saturated carbocycles. The molecule has 0 unspecified atom stereocenters. The zero-order chi connectivity index (χ0) is 25.9. The zero-order valence-electron chi connectivity index (χ0n) is 20.4. The largest absolute Gasteiger partial charge is 0.508 e. The summed E-state index contributed by atoms with van der Waals surface area (Å²) >= 11 is 0. The fourth-order valence-corrected chi connectivity index (χ4v) is 3.73. The molecule has 10 nitrogen and oxygen atoms in total. The van der Waals surface area contributed by atoms with Crippen molar-refractivity contribution in [3.05, 3.63) is 47.8 Å². The lowest BCUT2D eigenvalue weighted by Gasteiger charge is -2.19. The number of phenolic OH excluding ortho intramolecular Hbond substituents is 2. The zero-order valence-corrected chi connectivity index (χ0v) is 20.4. The van der Waals surface area contributed by atoms with Gasteiger partial charge in [0.2, 0.25) is 5.82 Å². The van der Waals surface area contributed by atoms with Crippen LogP contribution in [0.5, 0.6) is 11.5 Å². The van der Waals surface area contributed by atoms with Gasteiger partial charge in [-0.05, 0) is 54.7 Å². The Morgan fingerprint density at radius 3 is 2.20 bits per heavy atom. The number of carbonyl (C=O) groups is 2. The summed E-state index contributed by atoms with van der Waals surface area (Å²) in [6.07, 6.45) is 0. The van der Waals surface area contributed by atoms with E-state index in [9.17, 15) is 24.9 Å². The van der Waals surface area contributed by atoms with E-state index in [1.54, 1.807) is 37.3 Å². The predicted molar refractivity (Wildman–Crippen MR) is 132 cm³/mol. The van der Waals surface area contributed by atoms with Crippen LogP contribution in [0.1, 0.15) is 56.7 Å². The predicted octanol–water partition coefficient (Wildman–Crippen LogP) is 3.74. The number of anilines is 1. The summed E-state index contributed by atoms with van der Waals surface area (Å²) in [6, 6.07) is 8.94. The molecule has 0 saturated heterocycles. The Kier molecular flexibility index (Phi) is 7.63.